The van der Waals surface area contributed by atoms with Crippen molar-refractivity contribution < 1.29 is 4.79 Å². The van der Waals surface area contributed by atoms with Gasteiger partial charge in [-0.25, -0.2) is 9.97 Å². The summed E-state index contributed by atoms with van der Waals surface area (Å²) in [4.78, 5) is 26.8. The Morgan fingerprint density at radius 2 is 1.89 bits per heavy atom. The predicted molar refractivity (Wildman–Crippen MR) is 140 cm³/mol. The van der Waals surface area contributed by atoms with Crippen LogP contribution >= 0.6 is 11.8 Å². The summed E-state index contributed by atoms with van der Waals surface area (Å²) in [7, 11) is 4.24. The van der Waals surface area contributed by atoms with Crippen LogP contribution in [0.5, 0.6) is 0 Å². The Kier molecular flexibility index (Phi) is 8.37. The molecule has 0 bridgehead atoms. The molecule has 1 aliphatic rings. The SMILES string of the molecule is CC(=O)Nc1ccc(Sc2nc(Nc3cc(C)[nH]n3)cc(C3CCN(CCN(C)C)CC3)n2)cc1. The summed E-state index contributed by atoms with van der Waals surface area (Å²) in [6.07, 6.45) is 2.17. The third-order valence-electron chi connectivity index (χ3n) is 5.94. The van der Waals surface area contributed by atoms with E-state index in [4.69, 9.17) is 9.97 Å². The van der Waals surface area contributed by atoms with Gasteiger partial charge >= 0.3 is 0 Å². The molecular formula is C25H34N8OS. The van der Waals surface area contributed by atoms with Crippen molar-refractivity contribution in [3.8, 4) is 0 Å². The average molecular weight is 495 g/mol. The number of aromatic amines is 1. The quantitative estimate of drug-likeness (QED) is 0.382. The fourth-order valence-electron chi connectivity index (χ4n) is 4.08. The zero-order valence-corrected chi connectivity index (χ0v) is 21.7. The van der Waals surface area contributed by atoms with Crippen molar-refractivity contribution in [3.63, 3.8) is 0 Å². The molecule has 10 heteroatoms. The molecule has 1 saturated heterocycles. The Balaban J connectivity index is 1.51. The fraction of sp³-hybridized carbons (Fsp3) is 0.440. The minimum atomic E-state index is -0.0847. The predicted octanol–water partition coefficient (Wildman–Crippen LogP) is 4.10. The van der Waals surface area contributed by atoms with Crippen molar-refractivity contribution in [3.05, 3.63) is 47.8 Å². The monoisotopic (exact) mass is 494 g/mol. The van der Waals surface area contributed by atoms with Crippen LogP contribution in [0.4, 0.5) is 17.3 Å². The molecule has 1 aliphatic heterocycles. The number of aromatic nitrogens is 4. The van der Waals surface area contributed by atoms with Crippen molar-refractivity contribution in [1.29, 1.82) is 0 Å². The van der Waals surface area contributed by atoms with E-state index in [2.05, 4.69) is 50.8 Å². The van der Waals surface area contributed by atoms with Crippen LogP contribution in [0.3, 0.4) is 0 Å². The van der Waals surface area contributed by atoms with Gasteiger partial charge in [-0.3, -0.25) is 9.89 Å². The highest BCUT2D eigenvalue weighted by molar-refractivity contribution is 7.99. The first-order valence-corrected chi connectivity index (χ1v) is 12.8. The number of aryl methyl sites for hydroxylation is 1. The molecule has 1 aromatic carbocycles. The molecule has 3 aromatic rings. The van der Waals surface area contributed by atoms with Crippen LogP contribution in [0.2, 0.25) is 0 Å². The first-order chi connectivity index (χ1) is 16.8. The maximum absolute atomic E-state index is 11.3. The maximum atomic E-state index is 11.3. The summed E-state index contributed by atoms with van der Waals surface area (Å²) < 4.78 is 0. The lowest BCUT2D eigenvalue weighted by atomic mass is 9.93. The van der Waals surface area contributed by atoms with Gasteiger partial charge in [-0.1, -0.05) is 0 Å². The number of nitrogens with one attached hydrogen (secondary N) is 3. The molecule has 1 amide bonds. The highest BCUT2D eigenvalue weighted by Crippen LogP contribution is 2.32. The number of benzene rings is 1. The van der Waals surface area contributed by atoms with E-state index < -0.39 is 0 Å². The lowest BCUT2D eigenvalue weighted by Gasteiger charge is -2.32. The minimum Gasteiger partial charge on any atom is -0.326 e. The Morgan fingerprint density at radius 1 is 1.14 bits per heavy atom. The van der Waals surface area contributed by atoms with Crippen molar-refractivity contribution in [2.75, 3.05) is 50.9 Å². The molecule has 3 heterocycles. The molecule has 0 aliphatic carbocycles. The number of anilines is 3. The van der Waals surface area contributed by atoms with Crippen LogP contribution in [0.25, 0.3) is 0 Å². The average Bonchev–Trinajstić information content (AvgIpc) is 3.23. The molecule has 2 aromatic heterocycles. The van der Waals surface area contributed by atoms with Crippen LogP contribution < -0.4 is 10.6 Å². The Morgan fingerprint density at radius 3 is 2.51 bits per heavy atom. The van der Waals surface area contributed by atoms with E-state index in [-0.39, 0.29) is 5.91 Å². The van der Waals surface area contributed by atoms with Gasteiger partial charge in [0, 0.05) is 54.3 Å². The molecule has 186 valence electrons. The molecule has 0 spiro atoms. The van der Waals surface area contributed by atoms with Crippen molar-refractivity contribution in [1.82, 2.24) is 30.0 Å². The van der Waals surface area contributed by atoms with Gasteiger partial charge in [0.05, 0.1) is 5.69 Å². The van der Waals surface area contributed by atoms with Gasteiger partial charge in [0.2, 0.25) is 5.91 Å². The Labute approximate surface area is 211 Å². The number of likely N-dealkylation sites (N-methyl/N-ethyl adjacent to an activating group) is 1. The first-order valence-electron chi connectivity index (χ1n) is 11.9. The largest absolute Gasteiger partial charge is 0.326 e. The van der Waals surface area contributed by atoms with Gasteiger partial charge in [-0.05, 0) is 83.0 Å². The number of nitrogens with zero attached hydrogens (tertiary/aromatic N) is 5. The van der Waals surface area contributed by atoms with E-state index in [9.17, 15) is 4.79 Å². The Hall–Kier alpha value is -2.95. The number of hydrogen-bond donors (Lipinski definition) is 3. The molecule has 0 radical (unpaired) electrons. The highest BCUT2D eigenvalue weighted by atomic mass is 32.2. The highest BCUT2D eigenvalue weighted by Gasteiger charge is 2.23. The number of rotatable bonds is 9. The first kappa shape index (κ1) is 25.2. The molecule has 0 saturated carbocycles. The van der Waals surface area contributed by atoms with Gasteiger partial charge < -0.3 is 20.4 Å². The lowest BCUT2D eigenvalue weighted by Crippen LogP contribution is -2.37. The summed E-state index contributed by atoms with van der Waals surface area (Å²) >= 11 is 1.52. The van der Waals surface area contributed by atoms with E-state index in [1.54, 1.807) is 0 Å². The van der Waals surface area contributed by atoms with E-state index in [1.807, 2.05) is 37.3 Å². The third-order valence-corrected chi connectivity index (χ3v) is 6.81. The van der Waals surface area contributed by atoms with E-state index >= 15 is 0 Å². The van der Waals surface area contributed by atoms with Gasteiger partial charge in [-0.2, -0.15) is 5.10 Å². The van der Waals surface area contributed by atoms with Crippen LogP contribution in [-0.2, 0) is 4.79 Å². The summed E-state index contributed by atoms with van der Waals surface area (Å²) in [5.74, 6) is 1.80. The number of amides is 1. The standard InChI is InChI=1S/C25H34N8OS/c1-17-15-24(31-30-17)28-23-16-22(19-9-11-33(12-10-19)14-13-32(3)4)27-25(29-23)35-21-7-5-20(6-8-21)26-18(2)34/h5-8,15-16,19H,9-14H2,1-4H3,(H,26,34)(H2,27,28,29,30,31). The van der Waals surface area contributed by atoms with Crippen LogP contribution in [0, 0.1) is 6.92 Å². The van der Waals surface area contributed by atoms with Crippen molar-refractivity contribution in [2.24, 2.45) is 0 Å². The number of carbonyl (C=O) groups is 1. The van der Waals surface area contributed by atoms with E-state index in [0.29, 0.717) is 11.1 Å². The molecular weight excluding hydrogens is 460 g/mol. The number of likely N-dealkylation sites (tertiary alicyclic amines) is 1. The molecule has 3 N–H and O–H groups in total. The zero-order valence-electron chi connectivity index (χ0n) is 20.8. The molecule has 35 heavy (non-hydrogen) atoms. The summed E-state index contributed by atoms with van der Waals surface area (Å²) in [5.41, 5.74) is 2.83. The second kappa shape index (κ2) is 11.7. The van der Waals surface area contributed by atoms with E-state index in [0.717, 1.165) is 72.6 Å². The number of piperidine rings is 1. The number of carbonyl (C=O) groups excluding carboxylic acids is 1. The van der Waals surface area contributed by atoms with Gasteiger partial charge in [0.15, 0.2) is 11.0 Å². The topological polar surface area (TPSA) is 102 Å². The molecule has 1 fully saturated rings. The van der Waals surface area contributed by atoms with Gasteiger partial charge in [0.25, 0.3) is 0 Å². The number of hydrogen-bond acceptors (Lipinski definition) is 8. The zero-order chi connectivity index (χ0) is 24.8. The lowest BCUT2D eigenvalue weighted by molar-refractivity contribution is -0.114. The normalized spacial score (nSPS) is 14.9. The van der Waals surface area contributed by atoms with E-state index in [1.165, 1.54) is 18.7 Å². The van der Waals surface area contributed by atoms with Crippen molar-refractivity contribution in [2.45, 2.75) is 42.7 Å². The minimum absolute atomic E-state index is 0.0847. The third kappa shape index (κ3) is 7.51. The summed E-state index contributed by atoms with van der Waals surface area (Å²) in [6, 6.07) is 11.7. The second-order valence-corrected chi connectivity index (χ2v) is 10.3. The van der Waals surface area contributed by atoms with Gasteiger partial charge in [0.1, 0.15) is 5.82 Å². The molecule has 4 rings (SSSR count). The van der Waals surface area contributed by atoms with Crippen molar-refractivity contribution >= 4 is 35.0 Å². The fourth-order valence-corrected chi connectivity index (χ4v) is 4.86. The smallest absolute Gasteiger partial charge is 0.221 e. The second-order valence-electron chi connectivity index (χ2n) is 9.25. The molecule has 9 nitrogen and oxygen atoms in total. The molecule has 0 unspecified atom stereocenters. The van der Waals surface area contributed by atoms with Crippen LogP contribution in [0.15, 0.2) is 46.5 Å². The summed E-state index contributed by atoms with van der Waals surface area (Å²) in [5, 5.41) is 14.1. The summed E-state index contributed by atoms with van der Waals surface area (Å²) in [6.45, 7) is 7.82. The van der Waals surface area contributed by atoms with Gasteiger partial charge in [-0.15, -0.1) is 0 Å². The van der Waals surface area contributed by atoms with Crippen LogP contribution in [-0.4, -0.2) is 76.1 Å². The maximum Gasteiger partial charge on any atom is 0.221 e. The Bertz CT molecular complexity index is 1120. The van der Waals surface area contributed by atoms with Crippen LogP contribution in [0.1, 0.15) is 37.1 Å². The number of H-pyrrole nitrogens is 1. The molecule has 0 atom stereocenters.